The first-order valence-corrected chi connectivity index (χ1v) is 5.70. The maximum absolute atomic E-state index is 9.55. The van der Waals surface area contributed by atoms with E-state index in [1.54, 1.807) is 0 Å². The number of hydrogen-bond donors (Lipinski definition) is 1. The molecule has 1 unspecified atom stereocenters. The van der Waals surface area contributed by atoms with Gasteiger partial charge < -0.3 is 10.0 Å². The summed E-state index contributed by atoms with van der Waals surface area (Å²) in [5.41, 5.74) is 3.74. The molecule has 0 bridgehead atoms. The number of rotatable bonds is 1. The van der Waals surface area contributed by atoms with Crippen LogP contribution in [0.15, 0.2) is 18.2 Å². The van der Waals surface area contributed by atoms with E-state index in [1.165, 1.54) is 24.1 Å². The molecule has 0 saturated heterocycles. The molecule has 0 aromatic heterocycles. The van der Waals surface area contributed by atoms with Crippen molar-refractivity contribution in [2.45, 2.75) is 32.3 Å². The summed E-state index contributed by atoms with van der Waals surface area (Å²) in [6.45, 7) is 2.96. The molecular formula is C13H19NO. The Kier molecular flexibility index (Phi) is 2.96. The smallest absolute Gasteiger partial charge is 0.0762 e. The molecule has 1 aromatic carbocycles. The van der Waals surface area contributed by atoms with Gasteiger partial charge in [0.2, 0.25) is 0 Å². The zero-order chi connectivity index (χ0) is 10.8. The van der Waals surface area contributed by atoms with E-state index in [1.807, 2.05) is 13.0 Å². The number of fused-ring (bicyclic) bond motifs is 1. The van der Waals surface area contributed by atoms with Crippen molar-refractivity contribution in [1.82, 2.24) is 0 Å². The maximum atomic E-state index is 9.55. The van der Waals surface area contributed by atoms with Crippen LogP contribution in [-0.4, -0.2) is 18.7 Å². The molecule has 0 saturated carbocycles. The zero-order valence-corrected chi connectivity index (χ0v) is 9.53. The predicted octanol–water partition coefficient (Wildman–Crippen LogP) is 2.51. The van der Waals surface area contributed by atoms with Crippen LogP contribution < -0.4 is 4.90 Å². The highest BCUT2D eigenvalue weighted by molar-refractivity contribution is 5.55. The molecule has 0 fully saturated rings. The van der Waals surface area contributed by atoms with Gasteiger partial charge in [0, 0.05) is 19.3 Å². The van der Waals surface area contributed by atoms with Crippen molar-refractivity contribution in [3.8, 4) is 0 Å². The second-order valence-electron chi connectivity index (χ2n) is 4.44. The third kappa shape index (κ3) is 2.15. The Hall–Kier alpha value is -1.02. The fourth-order valence-corrected chi connectivity index (χ4v) is 2.22. The largest absolute Gasteiger partial charge is 0.389 e. The normalized spacial score (nSPS) is 18.2. The minimum absolute atomic E-state index is 0.358. The van der Waals surface area contributed by atoms with Crippen molar-refractivity contribution < 1.29 is 5.11 Å². The van der Waals surface area contributed by atoms with Crippen molar-refractivity contribution in [2.75, 3.05) is 18.5 Å². The van der Waals surface area contributed by atoms with Crippen LogP contribution in [0.3, 0.4) is 0 Å². The molecule has 0 amide bonds. The number of hydrogen-bond acceptors (Lipinski definition) is 2. The molecule has 15 heavy (non-hydrogen) atoms. The monoisotopic (exact) mass is 205 g/mol. The van der Waals surface area contributed by atoms with Crippen LogP contribution in [0.1, 0.15) is 37.0 Å². The van der Waals surface area contributed by atoms with E-state index in [9.17, 15) is 5.11 Å². The number of aliphatic hydroxyl groups is 1. The van der Waals surface area contributed by atoms with Crippen molar-refractivity contribution >= 4 is 5.69 Å². The second-order valence-corrected chi connectivity index (χ2v) is 4.44. The summed E-state index contributed by atoms with van der Waals surface area (Å²) >= 11 is 0. The molecule has 1 aromatic rings. The van der Waals surface area contributed by atoms with Gasteiger partial charge in [-0.1, -0.05) is 12.1 Å². The molecule has 1 atom stereocenters. The quantitative estimate of drug-likeness (QED) is 0.761. The van der Waals surface area contributed by atoms with Gasteiger partial charge in [-0.2, -0.15) is 0 Å². The minimum atomic E-state index is -0.358. The summed E-state index contributed by atoms with van der Waals surface area (Å²) in [4.78, 5) is 2.31. The van der Waals surface area contributed by atoms with Gasteiger partial charge in [0.05, 0.1) is 6.10 Å². The Labute approximate surface area is 91.5 Å². The van der Waals surface area contributed by atoms with E-state index < -0.39 is 0 Å². The lowest BCUT2D eigenvalue weighted by Crippen LogP contribution is -2.17. The van der Waals surface area contributed by atoms with Gasteiger partial charge >= 0.3 is 0 Å². The summed E-state index contributed by atoms with van der Waals surface area (Å²) in [5.74, 6) is 0. The molecule has 0 aliphatic carbocycles. The molecule has 82 valence electrons. The van der Waals surface area contributed by atoms with E-state index in [4.69, 9.17) is 0 Å². The standard InChI is InChI=1S/C13H19NO/c1-10(15)11-6-7-13-12(9-11)5-3-4-8-14(13)2/h6-7,9-10,15H,3-5,8H2,1-2H3. The molecule has 1 aliphatic rings. The van der Waals surface area contributed by atoms with Gasteiger partial charge in [0.15, 0.2) is 0 Å². The summed E-state index contributed by atoms with van der Waals surface area (Å²) in [6.07, 6.45) is 3.29. The van der Waals surface area contributed by atoms with Gasteiger partial charge in [-0.15, -0.1) is 0 Å². The predicted molar refractivity (Wildman–Crippen MR) is 63.3 cm³/mol. The molecule has 0 spiro atoms. The fourth-order valence-electron chi connectivity index (χ4n) is 2.22. The molecule has 2 heteroatoms. The lowest BCUT2D eigenvalue weighted by atomic mass is 10.0. The Morgan fingerprint density at radius 2 is 2.13 bits per heavy atom. The van der Waals surface area contributed by atoms with Crippen molar-refractivity contribution in [2.24, 2.45) is 0 Å². The Morgan fingerprint density at radius 3 is 2.87 bits per heavy atom. The summed E-state index contributed by atoms with van der Waals surface area (Å²) in [5, 5.41) is 9.55. The number of aryl methyl sites for hydroxylation is 1. The van der Waals surface area contributed by atoms with Crippen LogP contribution in [0.25, 0.3) is 0 Å². The first kappa shape index (κ1) is 10.5. The highest BCUT2D eigenvalue weighted by Crippen LogP contribution is 2.28. The molecule has 2 rings (SSSR count). The van der Waals surface area contributed by atoms with E-state index in [0.717, 1.165) is 18.5 Å². The maximum Gasteiger partial charge on any atom is 0.0762 e. The second kappa shape index (κ2) is 4.23. The molecule has 1 aliphatic heterocycles. The van der Waals surface area contributed by atoms with Crippen LogP contribution in [-0.2, 0) is 6.42 Å². The molecule has 2 nitrogen and oxygen atoms in total. The van der Waals surface area contributed by atoms with Gasteiger partial charge in [-0.25, -0.2) is 0 Å². The van der Waals surface area contributed by atoms with Crippen LogP contribution in [0.2, 0.25) is 0 Å². The molecular weight excluding hydrogens is 186 g/mol. The molecule has 1 N–H and O–H groups in total. The number of benzene rings is 1. The summed E-state index contributed by atoms with van der Waals surface area (Å²) in [6, 6.07) is 6.33. The lowest BCUT2D eigenvalue weighted by Gasteiger charge is -2.20. The van der Waals surface area contributed by atoms with Gasteiger partial charge in [0.25, 0.3) is 0 Å². The number of anilines is 1. The highest BCUT2D eigenvalue weighted by atomic mass is 16.3. The van der Waals surface area contributed by atoms with E-state index in [0.29, 0.717) is 0 Å². The molecule has 1 heterocycles. The van der Waals surface area contributed by atoms with Crippen LogP contribution in [0.4, 0.5) is 5.69 Å². The first-order valence-electron chi connectivity index (χ1n) is 5.70. The average molecular weight is 205 g/mol. The van der Waals surface area contributed by atoms with Gasteiger partial charge in [0.1, 0.15) is 0 Å². The van der Waals surface area contributed by atoms with Crippen molar-refractivity contribution in [3.05, 3.63) is 29.3 Å². The molecule has 0 radical (unpaired) electrons. The zero-order valence-electron chi connectivity index (χ0n) is 9.53. The third-order valence-corrected chi connectivity index (χ3v) is 3.19. The van der Waals surface area contributed by atoms with Crippen LogP contribution in [0, 0.1) is 0 Å². The summed E-state index contributed by atoms with van der Waals surface area (Å²) < 4.78 is 0. The Morgan fingerprint density at radius 1 is 1.33 bits per heavy atom. The van der Waals surface area contributed by atoms with Gasteiger partial charge in [-0.05, 0) is 43.4 Å². The number of nitrogens with zero attached hydrogens (tertiary/aromatic N) is 1. The average Bonchev–Trinajstić information content (AvgIpc) is 2.40. The summed E-state index contributed by atoms with van der Waals surface area (Å²) in [7, 11) is 2.15. The lowest BCUT2D eigenvalue weighted by molar-refractivity contribution is 0.199. The minimum Gasteiger partial charge on any atom is -0.389 e. The van der Waals surface area contributed by atoms with Crippen LogP contribution >= 0.6 is 0 Å². The highest BCUT2D eigenvalue weighted by Gasteiger charge is 2.13. The van der Waals surface area contributed by atoms with Gasteiger partial charge in [-0.3, -0.25) is 0 Å². The Bertz CT molecular complexity index is 346. The van der Waals surface area contributed by atoms with E-state index in [-0.39, 0.29) is 6.10 Å². The van der Waals surface area contributed by atoms with E-state index in [2.05, 4.69) is 24.1 Å². The van der Waals surface area contributed by atoms with Crippen molar-refractivity contribution in [1.29, 1.82) is 0 Å². The van der Waals surface area contributed by atoms with Crippen LogP contribution in [0.5, 0.6) is 0 Å². The van der Waals surface area contributed by atoms with Crippen molar-refractivity contribution in [3.63, 3.8) is 0 Å². The third-order valence-electron chi connectivity index (χ3n) is 3.19. The van der Waals surface area contributed by atoms with E-state index >= 15 is 0 Å². The topological polar surface area (TPSA) is 23.5 Å². The SMILES string of the molecule is CC(O)c1ccc2c(c1)CCCCN2C. The Balaban J connectivity index is 2.38. The first-order chi connectivity index (χ1) is 7.18. The number of aliphatic hydroxyl groups excluding tert-OH is 1. The fraction of sp³-hybridized carbons (Fsp3) is 0.538.